The predicted molar refractivity (Wildman–Crippen MR) is 78.8 cm³/mol. The Morgan fingerprint density at radius 3 is 2.61 bits per heavy atom. The van der Waals surface area contributed by atoms with Crippen molar-refractivity contribution in [2.75, 3.05) is 0 Å². The van der Waals surface area contributed by atoms with E-state index < -0.39 is 12.4 Å². The quantitative estimate of drug-likeness (QED) is 0.505. The summed E-state index contributed by atoms with van der Waals surface area (Å²) >= 11 is 0. The summed E-state index contributed by atoms with van der Waals surface area (Å²) in [5, 5.41) is 19.8. The molecular formula is C15H10F3N5. The largest absolute Gasteiger partial charge is 0.327 e. The molecule has 0 unspecified atom stereocenters. The fourth-order valence-electron chi connectivity index (χ4n) is 1.82. The van der Waals surface area contributed by atoms with E-state index >= 15 is 0 Å². The number of nitrogens with zero attached hydrogens (tertiary/aromatic N) is 3. The molecule has 0 saturated heterocycles. The molecule has 116 valence electrons. The van der Waals surface area contributed by atoms with Gasteiger partial charge in [-0.15, -0.1) is 0 Å². The predicted octanol–water partition coefficient (Wildman–Crippen LogP) is 2.93. The van der Waals surface area contributed by atoms with Crippen molar-refractivity contribution in [1.29, 1.82) is 10.7 Å². The summed E-state index contributed by atoms with van der Waals surface area (Å²) in [5.74, 6) is -0.412. The molecule has 1 heterocycles. The highest BCUT2D eigenvalue weighted by Crippen LogP contribution is 2.20. The third-order valence-electron chi connectivity index (χ3n) is 2.86. The van der Waals surface area contributed by atoms with Gasteiger partial charge in [0.15, 0.2) is 0 Å². The normalized spacial score (nSPS) is 11.2. The smallest absolute Gasteiger partial charge is 0.306 e. The topological polar surface area (TPSA) is 84.9 Å². The number of hydrogen-bond donors (Lipinski definition) is 2. The highest BCUT2D eigenvalue weighted by molar-refractivity contribution is 6.37. The molecule has 0 saturated carbocycles. The van der Waals surface area contributed by atoms with Crippen LogP contribution in [0.25, 0.3) is 11.3 Å². The van der Waals surface area contributed by atoms with Crippen molar-refractivity contribution in [3.8, 4) is 17.3 Å². The van der Waals surface area contributed by atoms with E-state index in [-0.39, 0.29) is 16.8 Å². The zero-order chi connectivity index (χ0) is 16.8. The number of alkyl halides is 2. The number of rotatable bonds is 5. The molecule has 1 aromatic heterocycles. The van der Waals surface area contributed by atoms with E-state index in [0.29, 0.717) is 11.3 Å². The second-order valence-corrected chi connectivity index (χ2v) is 4.31. The minimum absolute atomic E-state index is 0.0779. The van der Waals surface area contributed by atoms with Crippen LogP contribution in [0.5, 0.6) is 0 Å². The molecule has 0 atom stereocenters. The molecule has 0 aliphatic carbocycles. The van der Waals surface area contributed by atoms with Gasteiger partial charge in [0.05, 0.1) is 11.3 Å². The van der Waals surface area contributed by atoms with Crippen LogP contribution in [0.1, 0.15) is 11.1 Å². The summed E-state index contributed by atoms with van der Waals surface area (Å²) in [6, 6.07) is 8.78. The summed E-state index contributed by atoms with van der Waals surface area (Å²) in [4.78, 5) is 4.08. The number of aromatic nitrogens is 1. The van der Waals surface area contributed by atoms with Gasteiger partial charge in [-0.25, -0.2) is 4.39 Å². The number of halogens is 3. The van der Waals surface area contributed by atoms with Gasteiger partial charge in [0.25, 0.3) is 0 Å². The first-order chi connectivity index (χ1) is 11.0. The lowest BCUT2D eigenvalue weighted by Crippen LogP contribution is -2.18. The second kappa shape index (κ2) is 7.17. The molecule has 0 radical (unpaired) electrons. The zero-order valence-electron chi connectivity index (χ0n) is 11.6. The highest BCUT2D eigenvalue weighted by Gasteiger charge is 2.12. The average Bonchev–Trinajstić information content (AvgIpc) is 2.55. The van der Waals surface area contributed by atoms with Crippen LogP contribution >= 0.6 is 0 Å². The first-order valence-corrected chi connectivity index (χ1v) is 6.33. The second-order valence-electron chi connectivity index (χ2n) is 4.31. The Morgan fingerprint density at radius 2 is 2.04 bits per heavy atom. The molecule has 2 N–H and O–H groups in total. The lowest BCUT2D eigenvalue weighted by molar-refractivity contribution is 0.110. The van der Waals surface area contributed by atoms with E-state index in [0.717, 1.165) is 6.21 Å². The van der Waals surface area contributed by atoms with E-state index in [1.54, 1.807) is 0 Å². The minimum Gasteiger partial charge on any atom is -0.306 e. The van der Waals surface area contributed by atoms with Gasteiger partial charge in [0.1, 0.15) is 17.6 Å². The number of hydrogen-bond acceptors (Lipinski definition) is 5. The first kappa shape index (κ1) is 16.2. The molecular weight excluding hydrogens is 307 g/mol. The van der Waals surface area contributed by atoms with Crippen LogP contribution in [0.3, 0.4) is 0 Å². The van der Waals surface area contributed by atoms with Gasteiger partial charge in [-0.05, 0) is 30.3 Å². The molecule has 5 nitrogen and oxygen atoms in total. The average molecular weight is 317 g/mol. The molecule has 0 spiro atoms. The third kappa shape index (κ3) is 3.91. The fourth-order valence-corrected chi connectivity index (χ4v) is 1.82. The van der Waals surface area contributed by atoms with Gasteiger partial charge in [0, 0.05) is 23.5 Å². The third-order valence-corrected chi connectivity index (χ3v) is 2.86. The van der Waals surface area contributed by atoms with Crippen molar-refractivity contribution in [3.05, 3.63) is 53.5 Å². The maximum absolute atomic E-state index is 13.0. The SMILES string of the molecule is N#Cc1cnc(-c2ccc(F)cc2)cc1/C(C=N)=N/NC(F)F. The molecule has 1 aromatic carbocycles. The summed E-state index contributed by atoms with van der Waals surface area (Å²) < 4.78 is 37.4. The molecule has 23 heavy (non-hydrogen) atoms. The monoisotopic (exact) mass is 317 g/mol. The van der Waals surface area contributed by atoms with E-state index in [1.165, 1.54) is 42.0 Å². The Labute approximate surface area is 129 Å². The molecule has 0 aliphatic heterocycles. The Hall–Kier alpha value is -3.21. The number of nitrogens with one attached hydrogen (secondary N) is 2. The minimum atomic E-state index is -2.89. The van der Waals surface area contributed by atoms with E-state index in [4.69, 9.17) is 10.7 Å². The van der Waals surface area contributed by atoms with Gasteiger partial charge < -0.3 is 5.41 Å². The summed E-state index contributed by atoms with van der Waals surface area (Å²) in [6.07, 6.45) is 2.00. The van der Waals surface area contributed by atoms with E-state index in [2.05, 4.69) is 10.1 Å². The van der Waals surface area contributed by atoms with Crippen LogP contribution in [0.4, 0.5) is 13.2 Å². The molecule has 2 rings (SSSR count). The van der Waals surface area contributed by atoms with E-state index in [9.17, 15) is 13.2 Å². The highest BCUT2D eigenvalue weighted by atomic mass is 19.3. The van der Waals surface area contributed by atoms with Gasteiger partial charge in [-0.2, -0.15) is 19.1 Å². The number of nitriles is 1. The maximum Gasteiger partial charge on any atom is 0.327 e. The fraction of sp³-hybridized carbons (Fsp3) is 0.0667. The molecule has 0 bridgehead atoms. The lowest BCUT2D eigenvalue weighted by atomic mass is 10.0. The van der Waals surface area contributed by atoms with Crippen LogP contribution < -0.4 is 5.43 Å². The standard InChI is InChI=1S/C15H10F3N5/c16-11-3-1-9(2-4-11)13-5-12(10(6-19)8-21-13)14(7-20)22-23-15(17)18/h1-5,7-8,15,20,23H/b20-7?,22-14+. The number of hydrazone groups is 1. The van der Waals surface area contributed by atoms with Crippen molar-refractivity contribution < 1.29 is 13.2 Å². The summed E-state index contributed by atoms with van der Waals surface area (Å²) in [6.45, 7) is -2.89. The van der Waals surface area contributed by atoms with Gasteiger partial charge in [-0.1, -0.05) is 0 Å². The first-order valence-electron chi connectivity index (χ1n) is 6.33. The molecule has 8 heteroatoms. The van der Waals surface area contributed by atoms with Crippen molar-refractivity contribution in [3.63, 3.8) is 0 Å². The Balaban J connectivity index is 2.51. The van der Waals surface area contributed by atoms with Crippen LogP contribution in [0.15, 0.2) is 41.6 Å². The molecule has 0 fully saturated rings. The lowest BCUT2D eigenvalue weighted by Gasteiger charge is -2.07. The maximum atomic E-state index is 13.0. The van der Waals surface area contributed by atoms with Crippen molar-refractivity contribution in [2.45, 2.75) is 6.55 Å². The number of pyridine rings is 1. The zero-order valence-corrected chi connectivity index (χ0v) is 11.6. The van der Waals surface area contributed by atoms with Crippen LogP contribution in [0, 0.1) is 22.6 Å². The van der Waals surface area contributed by atoms with Gasteiger partial charge in [-0.3, -0.25) is 10.4 Å². The molecule has 2 aromatic rings. The van der Waals surface area contributed by atoms with Crippen molar-refractivity contribution >= 4 is 11.9 Å². The Bertz CT molecular complexity index is 779. The molecule has 0 amide bonds. The van der Waals surface area contributed by atoms with Crippen molar-refractivity contribution in [1.82, 2.24) is 10.4 Å². The Morgan fingerprint density at radius 1 is 1.35 bits per heavy atom. The van der Waals surface area contributed by atoms with Crippen LogP contribution in [-0.2, 0) is 0 Å². The van der Waals surface area contributed by atoms with Crippen molar-refractivity contribution in [2.24, 2.45) is 5.10 Å². The number of benzene rings is 1. The van der Waals surface area contributed by atoms with Crippen LogP contribution in [-0.4, -0.2) is 23.5 Å². The summed E-state index contributed by atoms with van der Waals surface area (Å²) in [5.41, 5.74) is 2.61. The van der Waals surface area contributed by atoms with Gasteiger partial charge in [0.2, 0.25) is 0 Å². The Kier molecular flexibility index (Phi) is 5.04. The molecule has 0 aliphatic rings. The van der Waals surface area contributed by atoms with E-state index in [1.807, 2.05) is 6.07 Å². The van der Waals surface area contributed by atoms with Crippen LogP contribution in [0.2, 0.25) is 0 Å². The van der Waals surface area contributed by atoms with Gasteiger partial charge >= 0.3 is 6.55 Å². The summed E-state index contributed by atoms with van der Waals surface area (Å²) in [7, 11) is 0.